The summed E-state index contributed by atoms with van der Waals surface area (Å²) in [5, 5.41) is 11.8. The monoisotopic (exact) mass is 346 g/mol. The molecule has 1 N–H and O–H groups in total. The lowest BCUT2D eigenvalue weighted by molar-refractivity contribution is 0.200. The molecule has 0 heterocycles. The van der Waals surface area contributed by atoms with E-state index in [1.165, 1.54) is 0 Å². The van der Waals surface area contributed by atoms with Crippen molar-refractivity contribution in [2.75, 3.05) is 5.75 Å². The Bertz CT molecular complexity index is 589. The van der Waals surface area contributed by atoms with E-state index in [2.05, 4.69) is 0 Å². The average Bonchev–Trinajstić information content (AvgIpc) is 2.42. The van der Waals surface area contributed by atoms with Gasteiger partial charge in [0.05, 0.1) is 21.2 Å². The molecule has 5 heteroatoms. The van der Waals surface area contributed by atoms with Gasteiger partial charge < -0.3 is 5.11 Å². The molecule has 0 radical (unpaired) electrons. The molecular weight excluding hydrogens is 335 g/mol. The van der Waals surface area contributed by atoms with Crippen LogP contribution in [0.3, 0.4) is 0 Å². The minimum absolute atomic E-state index is 0.464. The topological polar surface area (TPSA) is 20.2 Å². The van der Waals surface area contributed by atoms with Gasteiger partial charge in [0, 0.05) is 10.6 Å². The standard InChI is InChI=1S/C15H13Cl3OS/c16-12-6-5-10(8-14(12)18)7-11(19)9-20-15-4-2-1-3-13(15)17/h1-6,8,11,19H,7,9H2. The lowest BCUT2D eigenvalue weighted by atomic mass is 10.1. The molecule has 0 amide bonds. The second kappa shape index (κ2) is 7.58. The molecule has 2 aromatic carbocycles. The first-order chi connectivity index (χ1) is 9.56. The van der Waals surface area contributed by atoms with Crippen molar-refractivity contribution in [1.29, 1.82) is 0 Å². The van der Waals surface area contributed by atoms with Crippen LogP contribution in [-0.2, 0) is 6.42 Å². The van der Waals surface area contributed by atoms with Gasteiger partial charge in [0.15, 0.2) is 0 Å². The molecule has 1 atom stereocenters. The number of hydrogen-bond donors (Lipinski definition) is 1. The quantitative estimate of drug-likeness (QED) is 0.736. The molecule has 20 heavy (non-hydrogen) atoms. The van der Waals surface area contributed by atoms with Gasteiger partial charge in [-0.3, -0.25) is 0 Å². The van der Waals surface area contributed by atoms with Crippen molar-refractivity contribution >= 4 is 46.6 Å². The molecule has 1 unspecified atom stereocenters. The zero-order valence-corrected chi connectivity index (χ0v) is 13.6. The van der Waals surface area contributed by atoms with E-state index >= 15 is 0 Å². The predicted octanol–water partition coefficient (Wildman–Crippen LogP) is 5.34. The van der Waals surface area contributed by atoms with Crippen LogP contribution in [0.15, 0.2) is 47.4 Å². The van der Waals surface area contributed by atoms with Crippen molar-refractivity contribution in [3.05, 3.63) is 63.1 Å². The van der Waals surface area contributed by atoms with Crippen LogP contribution in [0.5, 0.6) is 0 Å². The number of hydrogen-bond acceptors (Lipinski definition) is 2. The first-order valence-electron chi connectivity index (χ1n) is 6.05. The summed E-state index contributed by atoms with van der Waals surface area (Å²) < 4.78 is 0. The Balaban J connectivity index is 1.91. The largest absolute Gasteiger partial charge is 0.392 e. The third-order valence-corrected chi connectivity index (χ3v) is 5.12. The van der Waals surface area contributed by atoms with Crippen molar-refractivity contribution in [2.45, 2.75) is 17.4 Å². The molecule has 1 nitrogen and oxygen atoms in total. The minimum atomic E-state index is -0.464. The van der Waals surface area contributed by atoms with Crippen LogP contribution in [0.25, 0.3) is 0 Å². The summed E-state index contributed by atoms with van der Waals surface area (Å²) in [4.78, 5) is 0.974. The third kappa shape index (κ3) is 4.57. The number of rotatable bonds is 5. The highest BCUT2D eigenvalue weighted by Gasteiger charge is 2.09. The number of halogens is 3. The van der Waals surface area contributed by atoms with E-state index in [0.29, 0.717) is 27.2 Å². The van der Waals surface area contributed by atoms with Crippen molar-refractivity contribution < 1.29 is 5.11 Å². The fraction of sp³-hybridized carbons (Fsp3) is 0.200. The van der Waals surface area contributed by atoms with Crippen LogP contribution in [0.4, 0.5) is 0 Å². The van der Waals surface area contributed by atoms with Gasteiger partial charge in [-0.25, -0.2) is 0 Å². The van der Waals surface area contributed by atoms with Gasteiger partial charge >= 0.3 is 0 Å². The van der Waals surface area contributed by atoms with Gasteiger partial charge in [0.2, 0.25) is 0 Å². The highest BCUT2D eigenvalue weighted by Crippen LogP contribution is 2.28. The van der Waals surface area contributed by atoms with Crippen LogP contribution in [0.1, 0.15) is 5.56 Å². The van der Waals surface area contributed by atoms with E-state index in [0.717, 1.165) is 10.5 Å². The molecule has 2 rings (SSSR count). The number of aliphatic hydroxyl groups is 1. The molecule has 0 saturated heterocycles. The second-order valence-corrected chi connectivity index (χ2v) is 6.63. The molecule has 0 aromatic heterocycles. The Morgan fingerprint density at radius 2 is 1.70 bits per heavy atom. The van der Waals surface area contributed by atoms with E-state index in [1.807, 2.05) is 30.3 Å². The van der Waals surface area contributed by atoms with Gasteiger partial charge in [-0.2, -0.15) is 0 Å². The van der Waals surface area contributed by atoms with Crippen LogP contribution >= 0.6 is 46.6 Å². The summed E-state index contributed by atoms with van der Waals surface area (Å²) in [7, 11) is 0. The fourth-order valence-electron chi connectivity index (χ4n) is 1.75. The Morgan fingerprint density at radius 1 is 0.950 bits per heavy atom. The van der Waals surface area contributed by atoms with E-state index in [-0.39, 0.29) is 0 Å². The van der Waals surface area contributed by atoms with Gasteiger partial charge in [-0.05, 0) is 36.2 Å². The van der Waals surface area contributed by atoms with Gasteiger partial charge in [-0.15, -0.1) is 11.8 Å². The van der Waals surface area contributed by atoms with Crippen LogP contribution in [0.2, 0.25) is 15.1 Å². The highest BCUT2D eigenvalue weighted by atomic mass is 35.5. The van der Waals surface area contributed by atoms with Crippen molar-refractivity contribution in [2.24, 2.45) is 0 Å². The first-order valence-corrected chi connectivity index (χ1v) is 8.17. The maximum absolute atomic E-state index is 10.1. The van der Waals surface area contributed by atoms with Crippen LogP contribution in [-0.4, -0.2) is 17.0 Å². The molecule has 2 aromatic rings. The van der Waals surface area contributed by atoms with Gasteiger partial charge in [0.1, 0.15) is 0 Å². The second-order valence-electron chi connectivity index (χ2n) is 4.35. The molecule has 0 fully saturated rings. The van der Waals surface area contributed by atoms with Crippen LogP contribution < -0.4 is 0 Å². The summed E-state index contributed by atoms with van der Waals surface area (Å²) in [5.41, 5.74) is 0.964. The Morgan fingerprint density at radius 3 is 2.40 bits per heavy atom. The summed E-state index contributed by atoms with van der Waals surface area (Å²) in [5.74, 6) is 0.573. The molecule has 0 aliphatic rings. The Kier molecular flexibility index (Phi) is 6.06. The summed E-state index contributed by atoms with van der Waals surface area (Å²) in [6, 6.07) is 13.0. The number of thioether (sulfide) groups is 1. The third-order valence-electron chi connectivity index (χ3n) is 2.72. The van der Waals surface area contributed by atoms with Crippen molar-refractivity contribution in [1.82, 2.24) is 0 Å². The minimum Gasteiger partial charge on any atom is -0.392 e. The molecule has 0 aliphatic heterocycles. The Hall–Kier alpha value is -0.380. The van der Waals surface area contributed by atoms with Crippen molar-refractivity contribution in [3.63, 3.8) is 0 Å². The van der Waals surface area contributed by atoms with Crippen molar-refractivity contribution in [3.8, 4) is 0 Å². The van der Waals surface area contributed by atoms with E-state index in [9.17, 15) is 5.11 Å². The molecule has 0 saturated carbocycles. The molecule has 0 aliphatic carbocycles. The lowest BCUT2D eigenvalue weighted by Gasteiger charge is -2.11. The van der Waals surface area contributed by atoms with Gasteiger partial charge in [0.25, 0.3) is 0 Å². The number of aliphatic hydroxyl groups excluding tert-OH is 1. The summed E-state index contributed by atoms with van der Waals surface area (Å²) in [6.07, 6.45) is 0.0717. The normalized spacial score (nSPS) is 12.4. The zero-order valence-electron chi connectivity index (χ0n) is 10.5. The van der Waals surface area contributed by atoms with Crippen LogP contribution in [0, 0.1) is 0 Å². The summed E-state index contributed by atoms with van der Waals surface area (Å²) >= 11 is 19.4. The molecule has 0 spiro atoms. The van der Waals surface area contributed by atoms with Gasteiger partial charge in [-0.1, -0.05) is 53.0 Å². The molecular formula is C15H13Cl3OS. The lowest BCUT2D eigenvalue weighted by Crippen LogP contribution is -2.13. The van der Waals surface area contributed by atoms with E-state index < -0.39 is 6.10 Å². The molecule has 106 valence electrons. The smallest absolute Gasteiger partial charge is 0.0674 e. The van der Waals surface area contributed by atoms with E-state index in [1.54, 1.807) is 23.9 Å². The SMILES string of the molecule is OC(CSc1ccccc1Cl)Cc1ccc(Cl)c(Cl)c1. The molecule has 0 bridgehead atoms. The zero-order chi connectivity index (χ0) is 14.5. The maximum atomic E-state index is 10.1. The average molecular weight is 348 g/mol. The maximum Gasteiger partial charge on any atom is 0.0674 e. The fourth-order valence-corrected chi connectivity index (χ4v) is 3.24. The first kappa shape index (κ1) is 16.0. The number of benzene rings is 2. The Labute approximate surface area is 137 Å². The predicted molar refractivity (Wildman–Crippen MR) is 88.3 cm³/mol. The highest BCUT2D eigenvalue weighted by molar-refractivity contribution is 7.99. The van der Waals surface area contributed by atoms with E-state index in [4.69, 9.17) is 34.8 Å². The summed E-state index contributed by atoms with van der Waals surface area (Å²) in [6.45, 7) is 0.